The Balaban J connectivity index is 2.18. The van der Waals surface area contributed by atoms with E-state index in [9.17, 15) is 0 Å². The van der Waals surface area contributed by atoms with E-state index in [4.69, 9.17) is 0 Å². The van der Waals surface area contributed by atoms with Gasteiger partial charge in [0.2, 0.25) is 0 Å². The summed E-state index contributed by atoms with van der Waals surface area (Å²) >= 11 is 0. The lowest BCUT2D eigenvalue weighted by molar-refractivity contribution is 1.34. The van der Waals surface area contributed by atoms with E-state index in [1.54, 1.807) is 12.5 Å². The van der Waals surface area contributed by atoms with Crippen molar-refractivity contribution in [3.8, 4) is 0 Å². The Morgan fingerprint density at radius 1 is 0.762 bits per heavy atom. The van der Waals surface area contributed by atoms with Gasteiger partial charge in [0.15, 0.2) is 0 Å². The third kappa shape index (κ3) is 1.36. The maximum atomic E-state index is 4.50. The zero-order valence-electron chi connectivity index (χ0n) is 11.0. The SMILES string of the molecule is c1c[nH]c2cc3c(cc2c1)c1cccnc1c1ncnc31. The molecule has 0 spiro atoms. The molecule has 3 heterocycles. The number of rotatable bonds is 0. The second kappa shape index (κ2) is 3.76. The van der Waals surface area contributed by atoms with Gasteiger partial charge >= 0.3 is 0 Å². The maximum absolute atomic E-state index is 4.50. The summed E-state index contributed by atoms with van der Waals surface area (Å²) in [6.07, 6.45) is 5.35. The second-order valence-electron chi connectivity index (χ2n) is 5.13. The molecule has 5 aromatic rings. The van der Waals surface area contributed by atoms with Gasteiger partial charge in [-0.25, -0.2) is 9.97 Å². The van der Waals surface area contributed by atoms with Gasteiger partial charge in [0.1, 0.15) is 17.4 Å². The molecule has 4 nitrogen and oxygen atoms in total. The van der Waals surface area contributed by atoms with Crippen LogP contribution in [-0.4, -0.2) is 19.9 Å². The predicted molar refractivity (Wildman–Crippen MR) is 84.2 cm³/mol. The van der Waals surface area contributed by atoms with Crippen molar-refractivity contribution in [2.45, 2.75) is 0 Å². The third-order valence-electron chi connectivity index (χ3n) is 3.98. The van der Waals surface area contributed by atoms with Crippen molar-refractivity contribution >= 4 is 43.6 Å². The van der Waals surface area contributed by atoms with Gasteiger partial charge in [0, 0.05) is 28.7 Å². The van der Waals surface area contributed by atoms with Gasteiger partial charge in [-0.2, -0.15) is 0 Å². The molecular weight excluding hydrogens is 260 g/mol. The largest absolute Gasteiger partial charge is 0.361 e. The van der Waals surface area contributed by atoms with E-state index in [0.717, 1.165) is 32.8 Å². The molecule has 1 N–H and O–H groups in total. The van der Waals surface area contributed by atoms with Gasteiger partial charge in [-0.3, -0.25) is 4.98 Å². The quantitative estimate of drug-likeness (QED) is 0.344. The molecular formula is C17H10N4. The van der Waals surface area contributed by atoms with E-state index in [0.29, 0.717) is 0 Å². The highest BCUT2D eigenvalue weighted by atomic mass is 14.9. The molecule has 0 atom stereocenters. The number of hydrogen-bond donors (Lipinski definition) is 1. The van der Waals surface area contributed by atoms with Crippen molar-refractivity contribution in [1.82, 2.24) is 19.9 Å². The Kier molecular flexibility index (Phi) is 1.92. The Morgan fingerprint density at radius 3 is 2.67 bits per heavy atom. The first-order valence-electron chi connectivity index (χ1n) is 6.80. The summed E-state index contributed by atoms with van der Waals surface area (Å²) in [7, 11) is 0. The Hall–Kier alpha value is -3.01. The molecule has 0 aliphatic carbocycles. The first kappa shape index (κ1) is 10.7. The number of imidazole rings is 1. The Bertz CT molecular complexity index is 1140. The van der Waals surface area contributed by atoms with Crippen LogP contribution in [0.5, 0.6) is 0 Å². The number of aromatic amines is 1. The predicted octanol–water partition coefficient (Wildman–Crippen LogP) is 3.81. The minimum Gasteiger partial charge on any atom is -0.361 e. The van der Waals surface area contributed by atoms with E-state index in [1.165, 1.54) is 10.8 Å². The maximum Gasteiger partial charge on any atom is 0.117 e. The van der Waals surface area contributed by atoms with E-state index >= 15 is 0 Å². The lowest BCUT2D eigenvalue weighted by atomic mass is 10.0. The number of fused-ring (bicyclic) bond motifs is 7. The van der Waals surface area contributed by atoms with Crippen LogP contribution in [-0.2, 0) is 0 Å². The minimum atomic E-state index is 0.869. The molecule has 4 heteroatoms. The van der Waals surface area contributed by atoms with Crippen molar-refractivity contribution in [2.75, 3.05) is 0 Å². The summed E-state index contributed by atoms with van der Waals surface area (Å²) in [6, 6.07) is 12.5. The number of pyridine rings is 2. The number of nitrogens with one attached hydrogen (secondary N) is 1. The summed E-state index contributed by atoms with van der Waals surface area (Å²) < 4.78 is 0. The van der Waals surface area contributed by atoms with Gasteiger partial charge in [-0.1, -0.05) is 12.1 Å². The summed E-state index contributed by atoms with van der Waals surface area (Å²) in [5.41, 5.74) is 3.79. The van der Waals surface area contributed by atoms with Crippen LogP contribution in [0.15, 0.2) is 55.1 Å². The van der Waals surface area contributed by atoms with Crippen molar-refractivity contribution in [3.63, 3.8) is 0 Å². The minimum absolute atomic E-state index is 0.869. The molecule has 3 aromatic heterocycles. The van der Waals surface area contributed by atoms with Crippen LogP contribution in [0.25, 0.3) is 43.6 Å². The van der Waals surface area contributed by atoms with Gasteiger partial charge in [-0.15, -0.1) is 0 Å². The van der Waals surface area contributed by atoms with E-state index in [1.807, 2.05) is 18.3 Å². The number of aromatic nitrogens is 4. The van der Waals surface area contributed by atoms with Crippen LogP contribution < -0.4 is 0 Å². The smallest absolute Gasteiger partial charge is 0.117 e. The lowest BCUT2D eigenvalue weighted by Gasteiger charge is -2.07. The fourth-order valence-corrected chi connectivity index (χ4v) is 3.04. The monoisotopic (exact) mass is 270 g/mol. The molecule has 0 aliphatic heterocycles. The van der Waals surface area contributed by atoms with Crippen molar-refractivity contribution in [2.24, 2.45) is 0 Å². The zero-order chi connectivity index (χ0) is 13.8. The number of nitrogens with zero attached hydrogens (tertiary/aromatic N) is 3. The molecule has 0 saturated carbocycles. The number of benzene rings is 2. The van der Waals surface area contributed by atoms with Gasteiger partial charge in [-0.05, 0) is 35.0 Å². The number of hydrogen-bond acceptors (Lipinski definition) is 3. The highest BCUT2D eigenvalue weighted by Gasteiger charge is 2.12. The topological polar surface area (TPSA) is 54.5 Å². The molecule has 0 unspecified atom stereocenters. The third-order valence-corrected chi connectivity index (χ3v) is 3.98. The average molecular weight is 270 g/mol. The number of H-pyrrole nitrogens is 1. The van der Waals surface area contributed by atoms with E-state index < -0.39 is 0 Å². The molecule has 21 heavy (non-hydrogen) atoms. The Labute approximate surface area is 119 Å². The van der Waals surface area contributed by atoms with Gasteiger partial charge in [0.05, 0.1) is 5.52 Å². The van der Waals surface area contributed by atoms with Crippen molar-refractivity contribution in [3.05, 3.63) is 55.1 Å². The summed E-state index contributed by atoms with van der Waals surface area (Å²) in [5.74, 6) is 0. The standard InChI is InChI=1S/C17H10N4/c1-3-10-7-12-11-4-2-6-19-15(11)17-16(20-9-21-17)13(12)8-14(10)18-5-1/h1-9,18H. The van der Waals surface area contributed by atoms with Gasteiger partial charge < -0.3 is 4.98 Å². The van der Waals surface area contributed by atoms with Crippen LogP contribution in [0.3, 0.4) is 0 Å². The molecule has 0 aliphatic rings. The molecule has 0 fully saturated rings. The molecule has 98 valence electrons. The van der Waals surface area contributed by atoms with Crippen molar-refractivity contribution in [1.29, 1.82) is 0 Å². The van der Waals surface area contributed by atoms with Crippen LogP contribution in [0.1, 0.15) is 0 Å². The summed E-state index contributed by atoms with van der Waals surface area (Å²) in [6.45, 7) is 0. The fraction of sp³-hybridized carbons (Fsp3) is 0. The first-order chi connectivity index (χ1) is 10.4. The first-order valence-corrected chi connectivity index (χ1v) is 6.80. The molecule has 0 bridgehead atoms. The molecule has 5 rings (SSSR count). The van der Waals surface area contributed by atoms with E-state index in [2.05, 4.69) is 44.2 Å². The average Bonchev–Trinajstić information content (AvgIpc) is 3.03. The van der Waals surface area contributed by atoms with Crippen LogP contribution in [0.2, 0.25) is 0 Å². The molecule has 0 radical (unpaired) electrons. The van der Waals surface area contributed by atoms with Crippen LogP contribution in [0.4, 0.5) is 0 Å². The zero-order valence-corrected chi connectivity index (χ0v) is 11.0. The lowest BCUT2D eigenvalue weighted by Crippen LogP contribution is -1.86. The van der Waals surface area contributed by atoms with Crippen LogP contribution in [0, 0.1) is 0 Å². The normalized spacial score (nSPS) is 11.8. The highest BCUT2D eigenvalue weighted by Crippen LogP contribution is 2.33. The van der Waals surface area contributed by atoms with Crippen LogP contribution >= 0.6 is 0 Å². The summed E-state index contributed by atoms with van der Waals surface area (Å²) in [4.78, 5) is 16.6. The van der Waals surface area contributed by atoms with E-state index in [-0.39, 0.29) is 0 Å². The Morgan fingerprint density at radius 2 is 1.67 bits per heavy atom. The molecule has 0 amide bonds. The molecule has 0 saturated heterocycles. The molecule has 2 aromatic carbocycles. The highest BCUT2D eigenvalue weighted by molar-refractivity contribution is 6.23. The fourth-order valence-electron chi connectivity index (χ4n) is 3.04. The summed E-state index contributed by atoms with van der Waals surface area (Å²) in [5, 5.41) is 4.57. The van der Waals surface area contributed by atoms with Crippen molar-refractivity contribution < 1.29 is 0 Å². The van der Waals surface area contributed by atoms with Gasteiger partial charge in [0.25, 0.3) is 0 Å². The second-order valence-corrected chi connectivity index (χ2v) is 5.13.